The molecule has 1 aliphatic rings. The molecule has 0 amide bonds. The second-order valence-corrected chi connectivity index (χ2v) is 5.56. The van der Waals surface area contributed by atoms with Gasteiger partial charge >= 0.3 is 0 Å². The molecule has 21 heavy (non-hydrogen) atoms. The van der Waals surface area contributed by atoms with Gasteiger partial charge in [-0.3, -0.25) is 0 Å². The molecule has 2 heterocycles. The predicted octanol–water partition coefficient (Wildman–Crippen LogP) is 2.01. The molecule has 0 saturated carbocycles. The Morgan fingerprint density at radius 3 is 2.62 bits per heavy atom. The van der Waals surface area contributed by atoms with Gasteiger partial charge in [0, 0.05) is 25.8 Å². The summed E-state index contributed by atoms with van der Waals surface area (Å²) in [6.45, 7) is 3.67. The van der Waals surface area contributed by atoms with E-state index in [1.165, 1.54) is 5.69 Å². The van der Waals surface area contributed by atoms with E-state index in [0.29, 0.717) is 16.6 Å². The zero-order chi connectivity index (χ0) is 15.0. The average Bonchev–Trinajstić information content (AvgIpc) is 2.47. The molecule has 6 heteroatoms. The molecule has 0 saturated heterocycles. The Hall–Kier alpha value is -2.21. The van der Waals surface area contributed by atoms with Crippen LogP contribution < -0.4 is 15.5 Å². The summed E-state index contributed by atoms with van der Waals surface area (Å²) >= 11 is 5.04. The molecule has 5 nitrogen and oxygen atoms in total. The van der Waals surface area contributed by atoms with Crippen molar-refractivity contribution in [3.8, 4) is 0 Å². The highest BCUT2D eigenvalue weighted by Crippen LogP contribution is 2.35. The number of benzene rings is 1. The highest BCUT2D eigenvalue weighted by molar-refractivity contribution is 7.80. The molecule has 0 bridgehead atoms. The van der Waals surface area contributed by atoms with Crippen LogP contribution in [0.2, 0.25) is 0 Å². The van der Waals surface area contributed by atoms with Crippen molar-refractivity contribution in [2.75, 3.05) is 29.9 Å². The Labute approximate surface area is 129 Å². The normalized spacial score (nSPS) is 14.0. The number of nitrogens with two attached hydrogens (primary N) is 1. The molecule has 0 radical (unpaired) electrons. The maximum Gasteiger partial charge on any atom is 0.230 e. The van der Waals surface area contributed by atoms with Crippen LogP contribution in [0.5, 0.6) is 0 Å². The first-order valence-electron chi connectivity index (χ1n) is 6.79. The van der Waals surface area contributed by atoms with Gasteiger partial charge in [0.15, 0.2) is 0 Å². The van der Waals surface area contributed by atoms with Crippen LogP contribution in [-0.4, -0.2) is 35.1 Å². The third-order valence-electron chi connectivity index (χ3n) is 3.58. The highest BCUT2D eigenvalue weighted by Gasteiger charge is 2.23. The van der Waals surface area contributed by atoms with E-state index in [2.05, 4.69) is 38.9 Å². The third kappa shape index (κ3) is 2.54. The lowest BCUT2D eigenvalue weighted by Gasteiger charge is -2.35. The minimum Gasteiger partial charge on any atom is -0.388 e. The van der Waals surface area contributed by atoms with Crippen molar-refractivity contribution in [2.24, 2.45) is 5.73 Å². The van der Waals surface area contributed by atoms with Crippen LogP contribution in [0.1, 0.15) is 11.4 Å². The van der Waals surface area contributed by atoms with E-state index in [4.69, 9.17) is 18.0 Å². The average molecular weight is 299 g/mol. The summed E-state index contributed by atoms with van der Waals surface area (Å²) in [4.78, 5) is 13.7. The number of hydrogen-bond acceptors (Lipinski definition) is 5. The SMILES string of the molecule is Cc1cc(C(N)=S)nc(N2CCN(C)c3ccccc32)n1. The minimum atomic E-state index is 0.296. The number of thiocarbonyl (C=S) groups is 1. The van der Waals surface area contributed by atoms with Crippen LogP contribution in [0.3, 0.4) is 0 Å². The monoisotopic (exact) mass is 299 g/mol. The first kappa shape index (κ1) is 13.8. The van der Waals surface area contributed by atoms with E-state index in [9.17, 15) is 0 Å². The molecule has 0 spiro atoms. The molecule has 0 unspecified atom stereocenters. The molecule has 0 aliphatic carbocycles. The maximum atomic E-state index is 5.71. The van der Waals surface area contributed by atoms with Crippen molar-refractivity contribution < 1.29 is 0 Å². The van der Waals surface area contributed by atoms with E-state index in [0.717, 1.165) is 24.5 Å². The largest absolute Gasteiger partial charge is 0.388 e. The smallest absolute Gasteiger partial charge is 0.230 e. The first-order valence-corrected chi connectivity index (χ1v) is 7.20. The number of anilines is 3. The summed E-state index contributed by atoms with van der Waals surface area (Å²) < 4.78 is 0. The number of para-hydroxylation sites is 2. The van der Waals surface area contributed by atoms with Crippen molar-refractivity contribution in [2.45, 2.75) is 6.92 Å². The molecule has 108 valence electrons. The predicted molar refractivity (Wildman–Crippen MR) is 89.4 cm³/mol. The molecule has 1 aromatic carbocycles. The van der Waals surface area contributed by atoms with E-state index >= 15 is 0 Å². The van der Waals surface area contributed by atoms with Crippen LogP contribution in [-0.2, 0) is 0 Å². The number of aryl methyl sites for hydroxylation is 1. The molecule has 1 aliphatic heterocycles. The second-order valence-electron chi connectivity index (χ2n) is 5.12. The van der Waals surface area contributed by atoms with Crippen LogP contribution in [0.25, 0.3) is 0 Å². The minimum absolute atomic E-state index is 0.296. The lowest BCUT2D eigenvalue weighted by molar-refractivity contribution is 0.798. The van der Waals surface area contributed by atoms with E-state index < -0.39 is 0 Å². The zero-order valence-corrected chi connectivity index (χ0v) is 12.9. The van der Waals surface area contributed by atoms with Crippen molar-refractivity contribution in [3.05, 3.63) is 41.7 Å². The Morgan fingerprint density at radius 2 is 1.90 bits per heavy atom. The number of likely N-dealkylation sites (N-methyl/N-ethyl adjacent to an activating group) is 1. The van der Waals surface area contributed by atoms with Gasteiger partial charge in [0.25, 0.3) is 0 Å². The van der Waals surface area contributed by atoms with E-state index in [1.54, 1.807) is 0 Å². The summed E-state index contributed by atoms with van der Waals surface area (Å²) in [6, 6.07) is 10.1. The van der Waals surface area contributed by atoms with Crippen LogP contribution >= 0.6 is 12.2 Å². The number of rotatable bonds is 2. The van der Waals surface area contributed by atoms with Gasteiger partial charge in [-0.25, -0.2) is 9.97 Å². The fourth-order valence-corrected chi connectivity index (χ4v) is 2.62. The summed E-state index contributed by atoms with van der Waals surface area (Å²) in [5, 5.41) is 0. The number of nitrogens with zero attached hydrogens (tertiary/aromatic N) is 4. The van der Waals surface area contributed by atoms with Crippen LogP contribution in [0.15, 0.2) is 30.3 Å². The van der Waals surface area contributed by atoms with Crippen molar-refractivity contribution in [1.29, 1.82) is 0 Å². The molecule has 0 atom stereocenters. The molecule has 3 rings (SSSR count). The summed E-state index contributed by atoms with van der Waals surface area (Å²) in [5.74, 6) is 0.651. The van der Waals surface area contributed by atoms with Gasteiger partial charge < -0.3 is 15.5 Å². The van der Waals surface area contributed by atoms with Crippen LogP contribution in [0.4, 0.5) is 17.3 Å². The van der Waals surface area contributed by atoms with Gasteiger partial charge in [-0.2, -0.15) is 0 Å². The molecule has 2 N–H and O–H groups in total. The molecular weight excluding hydrogens is 282 g/mol. The molecule has 0 fully saturated rings. The summed E-state index contributed by atoms with van der Waals surface area (Å²) in [5.41, 5.74) is 9.46. The summed E-state index contributed by atoms with van der Waals surface area (Å²) in [7, 11) is 2.09. The first-order chi connectivity index (χ1) is 10.1. The molecular formula is C15H17N5S. The van der Waals surface area contributed by atoms with Crippen LogP contribution in [0, 0.1) is 6.92 Å². The highest BCUT2D eigenvalue weighted by atomic mass is 32.1. The van der Waals surface area contributed by atoms with Gasteiger partial charge in [-0.1, -0.05) is 24.4 Å². The van der Waals surface area contributed by atoms with Crippen molar-refractivity contribution in [1.82, 2.24) is 9.97 Å². The topological polar surface area (TPSA) is 58.3 Å². The molecule has 2 aromatic rings. The second kappa shape index (κ2) is 5.29. The van der Waals surface area contributed by atoms with E-state index in [1.807, 2.05) is 25.1 Å². The summed E-state index contributed by atoms with van der Waals surface area (Å²) in [6.07, 6.45) is 0. The Morgan fingerprint density at radius 1 is 1.19 bits per heavy atom. The van der Waals surface area contributed by atoms with Gasteiger partial charge in [-0.15, -0.1) is 0 Å². The van der Waals surface area contributed by atoms with Gasteiger partial charge in [0.05, 0.1) is 11.4 Å². The Kier molecular flexibility index (Phi) is 3.47. The van der Waals surface area contributed by atoms with Crippen molar-refractivity contribution >= 4 is 34.5 Å². The zero-order valence-electron chi connectivity index (χ0n) is 12.1. The standard InChI is InChI=1S/C15H17N5S/c1-10-9-11(14(16)21)18-15(17-10)20-8-7-19(2)12-5-3-4-6-13(12)20/h3-6,9H,7-8H2,1-2H3,(H2,16,21). The van der Waals surface area contributed by atoms with Gasteiger partial charge in [-0.05, 0) is 25.1 Å². The van der Waals surface area contributed by atoms with Gasteiger partial charge in [0.2, 0.25) is 5.95 Å². The van der Waals surface area contributed by atoms with Gasteiger partial charge in [0.1, 0.15) is 10.7 Å². The number of hydrogen-bond donors (Lipinski definition) is 1. The Balaban J connectivity index is 2.10. The Bertz CT molecular complexity index is 700. The third-order valence-corrected chi connectivity index (χ3v) is 3.79. The van der Waals surface area contributed by atoms with E-state index in [-0.39, 0.29) is 0 Å². The number of fused-ring (bicyclic) bond motifs is 1. The lowest BCUT2D eigenvalue weighted by Crippen LogP contribution is -2.37. The number of aromatic nitrogens is 2. The van der Waals surface area contributed by atoms with Crippen molar-refractivity contribution in [3.63, 3.8) is 0 Å². The fourth-order valence-electron chi connectivity index (χ4n) is 2.51. The maximum absolute atomic E-state index is 5.71. The molecule has 1 aromatic heterocycles. The lowest BCUT2D eigenvalue weighted by atomic mass is 10.2. The quantitative estimate of drug-likeness (QED) is 0.856. The fraction of sp³-hybridized carbons (Fsp3) is 0.267.